The number of aromatic nitrogens is 2. The van der Waals surface area contributed by atoms with Crippen molar-refractivity contribution in [2.24, 2.45) is 0 Å². The summed E-state index contributed by atoms with van der Waals surface area (Å²) in [5.41, 5.74) is 2.28. The molecule has 0 radical (unpaired) electrons. The Hall–Kier alpha value is -2.80. The minimum Gasteiger partial charge on any atom is -0.358 e. The van der Waals surface area contributed by atoms with Crippen LogP contribution in [0.25, 0.3) is 0 Å². The van der Waals surface area contributed by atoms with Gasteiger partial charge in [-0.05, 0) is 12.5 Å². The molecular weight excluding hydrogens is 330 g/mol. The van der Waals surface area contributed by atoms with Crippen LogP contribution in [-0.2, 0) is 11.3 Å². The van der Waals surface area contributed by atoms with Crippen molar-refractivity contribution >= 4 is 11.8 Å². The second-order valence-corrected chi connectivity index (χ2v) is 6.36. The highest BCUT2D eigenvalue weighted by Crippen LogP contribution is 2.17. The van der Waals surface area contributed by atoms with E-state index in [-0.39, 0.29) is 17.9 Å². The number of rotatable bonds is 4. The minimum atomic E-state index is -0.386. The maximum atomic E-state index is 12.8. The maximum absolute atomic E-state index is 12.8. The number of carbonyl (C=O) groups is 2. The summed E-state index contributed by atoms with van der Waals surface area (Å²) in [6.45, 7) is 4.00. The molecule has 0 spiro atoms. The van der Waals surface area contributed by atoms with Crippen molar-refractivity contribution in [1.29, 1.82) is 0 Å². The summed E-state index contributed by atoms with van der Waals surface area (Å²) in [6.07, 6.45) is 2.97. The van der Waals surface area contributed by atoms with E-state index < -0.39 is 0 Å². The van der Waals surface area contributed by atoms with Gasteiger partial charge in [0.05, 0.1) is 11.3 Å². The van der Waals surface area contributed by atoms with Gasteiger partial charge in [-0.2, -0.15) is 0 Å². The number of piperazine rings is 1. The summed E-state index contributed by atoms with van der Waals surface area (Å²) in [5.74, 6) is -0.212. The maximum Gasteiger partial charge on any atom is 0.257 e. The summed E-state index contributed by atoms with van der Waals surface area (Å²) in [5, 5.41) is 2.72. The highest BCUT2D eigenvalue weighted by molar-refractivity contribution is 5.95. The lowest BCUT2D eigenvalue weighted by Crippen LogP contribution is -2.59. The molecule has 1 aromatic heterocycles. The van der Waals surface area contributed by atoms with E-state index in [1.807, 2.05) is 30.3 Å². The molecule has 2 heterocycles. The Labute approximate surface area is 153 Å². The molecule has 0 unspecified atom stereocenters. The minimum absolute atomic E-state index is 0.0838. The fraction of sp³-hybridized carbons (Fsp3) is 0.368. The molecule has 26 heavy (non-hydrogen) atoms. The van der Waals surface area contributed by atoms with Crippen LogP contribution in [0.1, 0.15) is 21.6 Å². The quantitative estimate of drug-likeness (QED) is 0.882. The molecule has 1 aliphatic heterocycles. The fourth-order valence-corrected chi connectivity index (χ4v) is 3.20. The van der Waals surface area contributed by atoms with Gasteiger partial charge in [0.2, 0.25) is 5.91 Å². The van der Waals surface area contributed by atoms with Crippen molar-refractivity contribution in [3.63, 3.8) is 0 Å². The summed E-state index contributed by atoms with van der Waals surface area (Å²) in [6, 6.07) is 9.65. The van der Waals surface area contributed by atoms with Gasteiger partial charge in [0.1, 0.15) is 12.4 Å². The summed E-state index contributed by atoms with van der Waals surface area (Å²) < 4.78 is 0. The lowest BCUT2D eigenvalue weighted by molar-refractivity contribution is -0.128. The molecule has 0 bridgehead atoms. The normalized spacial score (nSPS) is 17.8. The van der Waals surface area contributed by atoms with Crippen molar-refractivity contribution in [1.82, 2.24) is 25.1 Å². The average Bonchev–Trinajstić information content (AvgIpc) is 2.68. The standard InChI is InChI=1S/C19H23N5O2/c1-14-16(10-21-13-22-14)19(26)24-9-8-23(17(12-24)18(25)20-2)11-15-6-4-3-5-7-15/h3-7,10,13,17H,8-9,11-12H2,1-2H3,(H,20,25)/t17-/m1/s1. The highest BCUT2D eigenvalue weighted by atomic mass is 16.2. The van der Waals surface area contributed by atoms with E-state index in [1.54, 1.807) is 18.9 Å². The van der Waals surface area contributed by atoms with Gasteiger partial charge < -0.3 is 10.2 Å². The first-order valence-corrected chi connectivity index (χ1v) is 8.65. The topological polar surface area (TPSA) is 78.4 Å². The lowest BCUT2D eigenvalue weighted by atomic mass is 10.1. The van der Waals surface area contributed by atoms with E-state index in [1.165, 1.54) is 12.5 Å². The Morgan fingerprint density at radius 3 is 2.69 bits per heavy atom. The van der Waals surface area contributed by atoms with Crippen LogP contribution < -0.4 is 5.32 Å². The van der Waals surface area contributed by atoms with E-state index >= 15 is 0 Å². The number of aryl methyl sites for hydroxylation is 1. The molecule has 136 valence electrons. The monoisotopic (exact) mass is 353 g/mol. The Kier molecular flexibility index (Phi) is 5.58. The number of carbonyl (C=O) groups excluding carboxylic acids is 2. The molecule has 1 saturated heterocycles. The molecule has 2 aromatic rings. The van der Waals surface area contributed by atoms with Crippen molar-refractivity contribution in [3.8, 4) is 0 Å². The molecule has 1 fully saturated rings. The van der Waals surface area contributed by atoms with Gasteiger partial charge in [-0.3, -0.25) is 14.5 Å². The smallest absolute Gasteiger partial charge is 0.257 e. The highest BCUT2D eigenvalue weighted by Gasteiger charge is 2.34. The first-order valence-electron chi connectivity index (χ1n) is 8.65. The number of amides is 2. The molecule has 1 aromatic carbocycles. The number of hydrogen-bond donors (Lipinski definition) is 1. The van der Waals surface area contributed by atoms with Gasteiger partial charge in [-0.15, -0.1) is 0 Å². The van der Waals surface area contributed by atoms with Crippen molar-refractivity contribution in [3.05, 3.63) is 59.7 Å². The number of nitrogens with one attached hydrogen (secondary N) is 1. The third-order valence-corrected chi connectivity index (χ3v) is 4.70. The van der Waals surface area contributed by atoms with Crippen LogP contribution in [-0.4, -0.2) is 64.3 Å². The molecule has 0 saturated carbocycles. The second kappa shape index (κ2) is 8.05. The van der Waals surface area contributed by atoms with Crippen LogP contribution in [0.2, 0.25) is 0 Å². The predicted octanol–water partition coefficient (Wildman–Crippen LogP) is 0.858. The summed E-state index contributed by atoms with van der Waals surface area (Å²) in [4.78, 5) is 37.1. The van der Waals surface area contributed by atoms with Gasteiger partial charge in [-0.1, -0.05) is 30.3 Å². The number of likely N-dealkylation sites (N-methyl/N-ethyl adjacent to an activating group) is 1. The van der Waals surface area contributed by atoms with Crippen LogP contribution in [0, 0.1) is 6.92 Å². The Bertz CT molecular complexity index is 781. The summed E-state index contributed by atoms with van der Waals surface area (Å²) >= 11 is 0. The van der Waals surface area contributed by atoms with Gasteiger partial charge in [0.15, 0.2) is 0 Å². The van der Waals surface area contributed by atoms with Crippen LogP contribution in [0.5, 0.6) is 0 Å². The Morgan fingerprint density at radius 1 is 1.23 bits per heavy atom. The largest absolute Gasteiger partial charge is 0.358 e. The first kappa shape index (κ1) is 18.0. The van der Waals surface area contributed by atoms with Gasteiger partial charge in [-0.25, -0.2) is 9.97 Å². The Morgan fingerprint density at radius 2 is 2.00 bits per heavy atom. The SMILES string of the molecule is CNC(=O)[C@H]1CN(C(=O)c2cncnc2C)CCN1Cc1ccccc1. The van der Waals surface area contributed by atoms with E-state index in [2.05, 4.69) is 20.2 Å². The molecule has 7 heteroatoms. The molecule has 0 aliphatic carbocycles. The van der Waals surface area contributed by atoms with E-state index in [0.717, 1.165) is 5.56 Å². The fourth-order valence-electron chi connectivity index (χ4n) is 3.20. The zero-order valence-corrected chi connectivity index (χ0v) is 15.1. The molecule has 1 atom stereocenters. The number of nitrogens with zero attached hydrogens (tertiary/aromatic N) is 4. The zero-order chi connectivity index (χ0) is 18.5. The summed E-state index contributed by atoms with van der Waals surface area (Å²) in [7, 11) is 1.62. The van der Waals surface area contributed by atoms with E-state index in [9.17, 15) is 9.59 Å². The van der Waals surface area contributed by atoms with Crippen LogP contribution in [0.3, 0.4) is 0 Å². The third-order valence-electron chi connectivity index (χ3n) is 4.70. The van der Waals surface area contributed by atoms with E-state index in [0.29, 0.717) is 37.4 Å². The van der Waals surface area contributed by atoms with Crippen LogP contribution in [0.15, 0.2) is 42.9 Å². The number of hydrogen-bond acceptors (Lipinski definition) is 5. The van der Waals surface area contributed by atoms with Crippen LogP contribution in [0.4, 0.5) is 0 Å². The first-order chi connectivity index (χ1) is 12.6. The molecule has 2 amide bonds. The van der Waals surface area contributed by atoms with Crippen molar-refractivity contribution in [2.45, 2.75) is 19.5 Å². The van der Waals surface area contributed by atoms with Gasteiger partial charge in [0, 0.05) is 39.4 Å². The molecule has 7 nitrogen and oxygen atoms in total. The molecule has 1 N–H and O–H groups in total. The van der Waals surface area contributed by atoms with Crippen molar-refractivity contribution in [2.75, 3.05) is 26.7 Å². The molecular formula is C19H23N5O2. The average molecular weight is 353 g/mol. The Balaban J connectivity index is 1.76. The predicted molar refractivity (Wildman–Crippen MR) is 97.4 cm³/mol. The van der Waals surface area contributed by atoms with E-state index in [4.69, 9.17) is 0 Å². The molecule has 1 aliphatic rings. The third kappa shape index (κ3) is 3.88. The van der Waals surface area contributed by atoms with Gasteiger partial charge in [0.25, 0.3) is 5.91 Å². The van der Waals surface area contributed by atoms with Crippen molar-refractivity contribution < 1.29 is 9.59 Å². The number of benzene rings is 1. The van der Waals surface area contributed by atoms with Gasteiger partial charge >= 0.3 is 0 Å². The molecule has 3 rings (SSSR count). The van der Waals surface area contributed by atoms with Crippen LogP contribution >= 0.6 is 0 Å². The zero-order valence-electron chi connectivity index (χ0n) is 15.1. The second-order valence-electron chi connectivity index (χ2n) is 6.36. The lowest BCUT2D eigenvalue weighted by Gasteiger charge is -2.40.